The van der Waals surface area contributed by atoms with Crippen LogP contribution >= 0.6 is 0 Å². The Kier molecular flexibility index (Phi) is 5.41. The van der Waals surface area contributed by atoms with Crippen LogP contribution in [-0.4, -0.2) is 43.9 Å². The van der Waals surface area contributed by atoms with Crippen LogP contribution in [0.1, 0.15) is 39.7 Å². The Bertz CT molecular complexity index is 612. The zero-order valence-corrected chi connectivity index (χ0v) is 18.0. The number of benzene rings is 1. The monoisotopic (exact) mass is 378 g/mol. The first-order chi connectivity index (χ1) is 12.1. The molecule has 1 N–H and O–H groups in total. The first kappa shape index (κ1) is 20.0. The molecule has 2 bridgehead atoms. The van der Waals surface area contributed by atoms with Crippen LogP contribution in [0.25, 0.3) is 0 Å². The van der Waals surface area contributed by atoms with Crippen molar-refractivity contribution >= 4 is 8.32 Å². The van der Waals surface area contributed by atoms with Crippen molar-refractivity contribution in [2.75, 3.05) is 6.61 Å². The molecule has 2 fully saturated rings. The molecule has 1 aromatic carbocycles. The SMILES string of the molecule is C[C@H]1[C@@H](O)[C@]2(COCc3ccccc3)O[C@@H]1C[C@@H]2O[Si](C)(C)C(C)(C)C. The van der Waals surface area contributed by atoms with Gasteiger partial charge in [0.2, 0.25) is 0 Å². The van der Waals surface area contributed by atoms with Gasteiger partial charge in [-0.25, -0.2) is 0 Å². The van der Waals surface area contributed by atoms with E-state index in [0.29, 0.717) is 13.2 Å². The van der Waals surface area contributed by atoms with E-state index in [2.05, 4.69) is 40.8 Å². The van der Waals surface area contributed by atoms with Crippen molar-refractivity contribution in [1.29, 1.82) is 0 Å². The van der Waals surface area contributed by atoms with Gasteiger partial charge < -0.3 is 19.0 Å². The second-order valence-corrected chi connectivity index (χ2v) is 14.3. The van der Waals surface area contributed by atoms with Gasteiger partial charge in [0.05, 0.1) is 31.5 Å². The predicted octanol–water partition coefficient (Wildman–Crippen LogP) is 4.13. The van der Waals surface area contributed by atoms with Crippen LogP contribution < -0.4 is 0 Å². The molecule has 5 atom stereocenters. The molecule has 2 aliphatic rings. The zero-order valence-electron chi connectivity index (χ0n) is 17.0. The van der Waals surface area contributed by atoms with Gasteiger partial charge in [-0.05, 0) is 23.7 Å². The molecule has 0 radical (unpaired) electrons. The van der Waals surface area contributed by atoms with Gasteiger partial charge in [0.1, 0.15) is 5.60 Å². The van der Waals surface area contributed by atoms with E-state index in [1.165, 1.54) is 0 Å². The predicted molar refractivity (Wildman–Crippen MR) is 106 cm³/mol. The van der Waals surface area contributed by atoms with E-state index in [1.54, 1.807) is 0 Å². The Morgan fingerprint density at radius 3 is 2.46 bits per heavy atom. The van der Waals surface area contributed by atoms with Gasteiger partial charge in [0, 0.05) is 12.3 Å². The molecule has 0 unspecified atom stereocenters. The molecule has 0 aromatic heterocycles. The highest BCUT2D eigenvalue weighted by atomic mass is 28.4. The smallest absolute Gasteiger partial charge is 0.192 e. The lowest BCUT2D eigenvalue weighted by Crippen LogP contribution is -2.59. The van der Waals surface area contributed by atoms with E-state index in [-0.39, 0.29) is 23.2 Å². The fraction of sp³-hybridized carbons (Fsp3) is 0.714. The maximum atomic E-state index is 10.9. The number of rotatable bonds is 6. The Balaban J connectivity index is 1.73. The van der Waals surface area contributed by atoms with Gasteiger partial charge in [-0.1, -0.05) is 58.0 Å². The lowest BCUT2D eigenvalue weighted by atomic mass is 9.78. The highest BCUT2D eigenvalue weighted by Crippen LogP contribution is 2.51. The topological polar surface area (TPSA) is 47.9 Å². The highest BCUT2D eigenvalue weighted by molar-refractivity contribution is 6.74. The van der Waals surface area contributed by atoms with Gasteiger partial charge >= 0.3 is 0 Å². The first-order valence-electron chi connectivity index (χ1n) is 9.72. The first-order valence-corrected chi connectivity index (χ1v) is 12.6. The van der Waals surface area contributed by atoms with Crippen LogP contribution in [0, 0.1) is 5.92 Å². The lowest BCUT2D eigenvalue weighted by Gasteiger charge is -2.45. The molecule has 0 aliphatic carbocycles. The average Bonchev–Trinajstić information content (AvgIpc) is 3.02. The summed E-state index contributed by atoms with van der Waals surface area (Å²) in [4.78, 5) is 0. The van der Waals surface area contributed by atoms with Crippen LogP contribution in [0.2, 0.25) is 18.1 Å². The van der Waals surface area contributed by atoms with E-state index in [4.69, 9.17) is 13.9 Å². The highest BCUT2D eigenvalue weighted by Gasteiger charge is 2.64. The quantitative estimate of drug-likeness (QED) is 0.756. The maximum absolute atomic E-state index is 10.9. The second kappa shape index (κ2) is 7.02. The van der Waals surface area contributed by atoms with E-state index < -0.39 is 20.0 Å². The molecule has 1 aromatic rings. The van der Waals surface area contributed by atoms with Crippen molar-refractivity contribution in [2.24, 2.45) is 5.92 Å². The largest absolute Gasteiger partial charge is 0.411 e. The van der Waals surface area contributed by atoms with E-state index in [1.807, 2.05) is 30.3 Å². The molecule has 0 amide bonds. The summed E-state index contributed by atoms with van der Waals surface area (Å²) >= 11 is 0. The zero-order chi connectivity index (χ0) is 19.2. The summed E-state index contributed by atoms with van der Waals surface area (Å²) in [5.41, 5.74) is 0.384. The van der Waals surface area contributed by atoms with Crippen LogP contribution in [0.3, 0.4) is 0 Å². The van der Waals surface area contributed by atoms with E-state index >= 15 is 0 Å². The van der Waals surface area contributed by atoms with Gasteiger partial charge in [-0.3, -0.25) is 0 Å². The summed E-state index contributed by atoms with van der Waals surface area (Å²) in [6, 6.07) is 10.1. The van der Waals surface area contributed by atoms with Crippen molar-refractivity contribution in [3.05, 3.63) is 35.9 Å². The van der Waals surface area contributed by atoms with Crippen LogP contribution in [0.5, 0.6) is 0 Å². The second-order valence-electron chi connectivity index (χ2n) is 9.50. The molecule has 4 nitrogen and oxygen atoms in total. The van der Waals surface area contributed by atoms with Crippen molar-refractivity contribution in [3.8, 4) is 0 Å². The molecule has 5 heteroatoms. The molecule has 146 valence electrons. The van der Waals surface area contributed by atoms with Crippen molar-refractivity contribution in [2.45, 2.75) is 82.8 Å². The van der Waals surface area contributed by atoms with Crippen molar-refractivity contribution in [3.63, 3.8) is 0 Å². The molecule has 0 saturated carbocycles. The van der Waals surface area contributed by atoms with Crippen LogP contribution in [0.15, 0.2) is 30.3 Å². The fourth-order valence-corrected chi connectivity index (χ4v) is 5.20. The summed E-state index contributed by atoms with van der Waals surface area (Å²) < 4.78 is 19.0. The fourth-order valence-electron chi connectivity index (χ4n) is 3.84. The molecule has 2 heterocycles. The maximum Gasteiger partial charge on any atom is 0.192 e. The number of aliphatic hydroxyl groups excluding tert-OH is 1. The summed E-state index contributed by atoms with van der Waals surface area (Å²) in [5.74, 6) is 0.120. The van der Waals surface area contributed by atoms with Gasteiger partial charge in [-0.15, -0.1) is 0 Å². The minimum atomic E-state index is -1.96. The Morgan fingerprint density at radius 1 is 1.23 bits per heavy atom. The third-order valence-electron chi connectivity index (χ3n) is 6.63. The van der Waals surface area contributed by atoms with Crippen molar-refractivity contribution < 1.29 is 19.0 Å². The molecule has 2 aliphatic heterocycles. The van der Waals surface area contributed by atoms with Crippen molar-refractivity contribution in [1.82, 2.24) is 0 Å². The Labute approximate surface area is 159 Å². The van der Waals surface area contributed by atoms with E-state index in [9.17, 15) is 5.11 Å². The van der Waals surface area contributed by atoms with E-state index in [0.717, 1.165) is 12.0 Å². The third-order valence-corrected chi connectivity index (χ3v) is 11.1. The summed E-state index contributed by atoms with van der Waals surface area (Å²) in [7, 11) is -1.96. The molecule has 26 heavy (non-hydrogen) atoms. The number of aliphatic hydroxyl groups is 1. The molecule has 2 saturated heterocycles. The number of ether oxygens (including phenoxy) is 2. The number of fused-ring (bicyclic) bond motifs is 2. The number of hydrogen-bond donors (Lipinski definition) is 1. The minimum absolute atomic E-state index is 0.0556. The minimum Gasteiger partial charge on any atom is -0.411 e. The Hall–Kier alpha value is -0.723. The van der Waals surface area contributed by atoms with Gasteiger partial charge in [-0.2, -0.15) is 0 Å². The van der Waals surface area contributed by atoms with Gasteiger partial charge in [0.15, 0.2) is 8.32 Å². The third kappa shape index (κ3) is 3.52. The molecular formula is C21H34O4Si. The van der Waals surface area contributed by atoms with Crippen LogP contribution in [-0.2, 0) is 20.5 Å². The summed E-state index contributed by atoms with van der Waals surface area (Å²) in [5, 5.41) is 11.1. The Morgan fingerprint density at radius 2 is 1.88 bits per heavy atom. The van der Waals surface area contributed by atoms with Crippen LogP contribution in [0.4, 0.5) is 0 Å². The average molecular weight is 379 g/mol. The number of hydrogen-bond acceptors (Lipinski definition) is 4. The summed E-state index contributed by atoms with van der Waals surface area (Å²) in [6.45, 7) is 14.2. The summed E-state index contributed by atoms with van der Waals surface area (Å²) in [6.07, 6.45) is 0.252. The molecular weight excluding hydrogens is 344 g/mol. The molecule has 0 spiro atoms. The molecule has 3 rings (SSSR count). The standard InChI is InChI=1S/C21H34O4Si/c1-15-17-12-18(25-26(5,6)20(2,3)4)21(24-17,19(15)22)14-23-13-16-10-8-7-9-11-16/h7-11,15,17-19,22H,12-14H2,1-6H3/t15-,17-,18+,19-,21-/m1/s1. The van der Waals surface area contributed by atoms with Gasteiger partial charge in [0.25, 0.3) is 0 Å². The lowest BCUT2D eigenvalue weighted by molar-refractivity contribution is -0.140. The normalized spacial score (nSPS) is 34.4.